The lowest BCUT2D eigenvalue weighted by molar-refractivity contribution is -0.148. The summed E-state index contributed by atoms with van der Waals surface area (Å²) in [6.45, 7) is 0.299. The van der Waals surface area contributed by atoms with Crippen molar-refractivity contribution >= 4 is 27.8 Å². The monoisotopic (exact) mass is 371 g/mol. The summed E-state index contributed by atoms with van der Waals surface area (Å²) in [4.78, 5) is 25.2. The van der Waals surface area contributed by atoms with Gasteiger partial charge in [0.05, 0.1) is 19.6 Å². The quantitative estimate of drug-likeness (QED) is 0.852. The van der Waals surface area contributed by atoms with Crippen LogP contribution >= 0.6 is 15.9 Å². The van der Waals surface area contributed by atoms with Crippen LogP contribution in [0.25, 0.3) is 0 Å². The van der Waals surface area contributed by atoms with E-state index < -0.39 is 12.0 Å². The van der Waals surface area contributed by atoms with Gasteiger partial charge in [0.2, 0.25) is 5.91 Å². The van der Waals surface area contributed by atoms with Gasteiger partial charge >= 0.3 is 5.97 Å². The first-order valence-electron chi connectivity index (χ1n) is 6.83. The fourth-order valence-electron chi connectivity index (χ4n) is 2.56. The minimum Gasteiger partial charge on any atom is -0.497 e. The highest BCUT2D eigenvalue weighted by Gasteiger charge is 2.39. The Balaban J connectivity index is 2.15. The van der Waals surface area contributed by atoms with Gasteiger partial charge < -0.3 is 19.5 Å². The van der Waals surface area contributed by atoms with Crippen molar-refractivity contribution in [2.45, 2.75) is 25.0 Å². The second kappa shape index (κ2) is 7.11. The second-order valence-electron chi connectivity index (χ2n) is 5.13. The average molecular weight is 372 g/mol. The van der Waals surface area contributed by atoms with Gasteiger partial charge in [-0.25, -0.2) is 4.79 Å². The number of benzene rings is 1. The van der Waals surface area contributed by atoms with Crippen LogP contribution in [-0.2, 0) is 20.7 Å². The number of ether oxygens (including phenoxy) is 2. The fraction of sp³-hybridized carbons (Fsp3) is 0.467. The highest BCUT2D eigenvalue weighted by Crippen LogP contribution is 2.26. The molecule has 0 saturated carbocycles. The normalized spacial score (nSPS) is 21.0. The molecule has 1 aliphatic heterocycles. The molecule has 2 rings (SSSR count). The van der Waals surface area contributed by atoms with Crippen molar-refractivity contribution in [3.05, 3.63) is 28.2 Å². The summed E-state index contributed by atoms with van der Waals surface area (Å²) < 4.78 is 11.1. The molecule has 1 N–H and O–H groups in total. The predicted octanol–water partition coefficient (Wildman–Crippen LogP) is 1.70. The Kier molecular flexibility index (Phi) is 5.42. The van der Waals surface area contributed by atoms with Gasteiger partial charge in [0, 0.05) is 24.5 Å². The molecule has 1 aliphatic rings. The number of amides is 1. The number of carboxylic acid groups (broad SMARTS) is 1. The highest BCUT2D eigenvalue weighted by atomic mass is 79.9. The first-order chi connectivity index (χ1) is 10.5. The van der Waals surface area contributed by atoms with Crippen molar-refractivity contribution in [2.24, 2.45) is 0 Å². The number of nitrogens with zero attached hydrogens (tertiary/aromatic N) is 1. The number of carboxylic acids is 1. The lowest BCUT2D eigenvalue weighted by Gasteiger charge is -2.21. The molecule has 22 heavy (non-hydrogen) atoms. The van der Waals surface area contributed by atoms with Gasteiger partial charge in [-0.05, 0) is 23.8 Å². The van der Waals surface area contributed by atoms with Crippen molar-refractivity contribution in [1.29, 1.82) is 0 Å². The number of halogens is 1. The molecule has 0 radical (unpaired) electrons. The van der Waals surface area contributed by atoms with Crippen LogP contribution in [0.5, 0.6) is 5.75 Å². The van der Waals surface area contributed by atoms with E-state index in [1.165, 1.54) is 12.0 Å². The molecular weight excluding hydrogens is 354 g/mol. The van der Waals surface area contributed by atoms with E-state index >= 15 is 0 Å². The van der Waals surface area contributed by atoms with Gasteiger partial charge in [0.1, 0.15) is 11.8 Å². The molecule has 2 atom stereocenters. The Morgan fingerprint density at radius 3 is 2.73 bits per heavy atom. The van der Waals surface area contributed by atoms with Crippen molar-refractivity contribution in [3.63, 3.8) is 0 Å². The minimum atomic E-state index is -1.00. The zero-order chi connectivity index (χ0) is 16.3. The number of aliphatic carboxylic acids is 1. The predicted molar refractivity (Wildman–Crippen MR) is 82.9 cm³/mol. The van der Waals surface area contributed by atoms with E-state index in [4.69, 9.17) is 9.47 Å². The van der Waals surface area contributed by atoms with Crippen LogP contribution in [0.2, 0.25) is 0 Å². The van der Waals surface area contributed by atoms with E-state index in [0.29, 0.717) is 18.7 Å². The highest BCUT2D eigenvalue weighted by molar-refractivity contribution is 9.10. The molecule has 0 aliphatic carbocycles. The summed E-state index contributed by atoms with van der Waals surface area (Å²) in [6, 6.07) is 4.52. The number of hydrogen-bond donors (Lipinski definition) is 1. The number of carbonyl (C=O) groups is 2. The van der Waals surface area contributed by atoms with Gasteiger partial charge in [0.15, 0.2) is 0 Å². The number of carbonyl (C=O) groups excluding carboxylic acids is 1. The number of rotatable bonds is 5. The molecule has 0 aromatic heterocycles. The molecule has 1 fully saturated rings. The van der Waals surface area contributed by atoms with Crippen LogP contribution in [0.4, 0.5) is 0 Å². The Morgan fingerprint density at radius 1 is 1.41 bits per heavy atom. The van der Waals surface area contributed by atoms with E-state index in [-0.39, 0.29) is 18.4 Å². The molecule has 7 heteroatoms. The van der Waals surface area contributed by atoms with E-state index in [9.17, 15) is 14.7 Å². The Bertz CT molecular complexity index is 577. The van der Waals surface area contributed by atoms with Crippen LogP contribution in [0.3, 0.4) is 0 Å². The zero-order valence-electron chi connectivity index (χ0n) is 12.4. The standard InChI is InChI=1S/C15H18BrNO5/c1-21-10-3-4-12(16)9(5-10)6-14(18)17-8-11(22-2)7-13(17)15(19)20/h3-5,11,13H,6-8H2,1-2H3,(H,19,20). The maximum atomic E-state index is 12.5. The molecule has 0 spiro atoms. The summed E-state index contributed by atoms with van der Waals surface area (Å²) in [6.07, 6.45) is 0.188. The molecule has 1 aromatic carbocycles. The van der Waals surface area contributed by atoms with Crippen molar-refractivity contribution in [1.82, 2.24) is 4.90 Å². The molecule has 1 saturated heterocycles. The molecular formula is C15H18BrNO5. The number of methoxy groups -OCH3 is 2. The second-order valence-corrected chi connectivity index (χ2v) is 5.98. The van der Waals surface area contributed by atoms with Gasteiger partial charge in [-0.3, -0.25) is 4.79 Å². The molecule has 2 unspecified atom stereocenters. The number of hydrogen-bond acceptors (Lipinski definition) is 4. The van der Waals surface area contributed by atoms with Crippen LogP contribution in [0, 0.1) is 0 Å². The van der Waals surface area contributed by atoms with Crippen LogP contribution < -0.4 is 4.74 Å². The summed E-state index contributed by atoms with van der Waals surface area (Å²) in [5.41, 5.74) is 0.759. The minimum absolute atomic E-state index is 0.109. The summed E-state index contributed by atoms with van der Waals surface area (Å²) in [5.74, 6) is -0.588. The summed E-state index contributed by atoms with van der Waals surface area (Å²) in [5, 5.41) is 9.27. The van der Waals surface area contributed by atoms with Crippen molar-refractivity contribution in [3.8, 4) is 5.75 Å². The molecule has 120 valence electrons. The van der Waals surface area contributed by atoms with E-state index in [2.05, 4.69) is 15.9 Å². The fourth-order valence-corrected chi connectivity index (χ4v) is 2.94. The largest absolute Gasteiger partial charge is 0.497 e. The van der Waals surface area contributed by atoms with E-state index in [1.807, 2.05) is 0 Å². The maximum absolute atomic E-state index is 12.5. The van der Waals surface area contributed by atoms with Gasteiger partial charge in [-0.15, -0.1) is 0 Å². The van der Waals surface area contributed by atoms with Gasteiger partial charge in [-0.1, -0.05) is 15.9 Å². The lowest BCUT2D eigenvalue weighted by Crippen LogP contribution is -2.41. The summed E-state index contributed by atoms with van der Waals surface area (Å²) >= 11 is 3.40. The van der Waals surface area contributed by atoms with Gasteiger partial charge in [-0.2, -0.15) is 0 Å². The first kappa shape index (κ1) is 16.8. The maximum Gasteiger partial charge on any atom is 0.326 e. The van der Waals surface area contributed by atoms with E-state index in [0.717, 1.165) is 10.0 Å². The average Bonchev–Trinajstić information content (AvgIpc) is 2.94. The SMILES string of the molecule is COc1ccc(Br)c(CC(=O)N2CC(OC)CC2C(=O)O)c1. The zero-order valence-corrected chi connectivity index (χ0v) is 14.0. The third-order valence-corrected chi connectivity index (χ3v) is 4.57. The Labute approximate surface area is 137 Å². The third kappa shape index (κ3) is 3.59. The smallest absolute Gasteiger partial charge is 0.326 e. The lowest BCUT2D eigenvalue weighted by atomic mass is 10.1. The van der Waals surface area contributed by atoms with Crippen LogP contribution in [-0.4, -0.2) is 54.8 Å². The van der Waals surface area contributed by atoms with Gasteiger partial charge in [0.25, 0.3) is 0 Å². The van der Waals surface area contributed by atoms with Crippen LogP contribution in [0.1, 0.15) is 12.0 Å². The van der Waals surface area contributed by atoms with Crippen molar-refractivity contribution < 1.29 is 24.2 Å². The number of likely N-dealkylation sites (tertiary alicyclic amines) is 1. The Hall–Kier alpha value is -1.60. The van der Waals surface area contributed by atoms with E-state index in [1.54, 1.807) is 25.3 Å². The molecule has 1 aromatic rings. The molecule has 1 amide bonds. The molecule has 0 bridgehead atoms. The summed E-state index contributed by atoms with van der Waals surface area (Å²) in [7, 11) is 3.08. The molecule has 6 nitrogen and oxygen atoms in total. The first-order valence-corrected chi connectivity index (χ1v) is 7.63. The molecule has 1 heterocycles. The van der Waals surface area contributed by atoms with Crippen LogP contribution in [0.15, 0.2) is 22.7 Å². The topological polar surface area (TPSA) is 76.1 Å². The Morgan fingerprint density at radius 2 is 2.14 bits per heavy atom. The third-order valence-electron chi connectivity index (χ3n) is 3.80. The van der Waals surface area contributed by atoms with Crippen molar-refractivity contribution in [2.75, 3.05) is 20.8 Å².